The fourth-order valence-electron chi connectivity index (χ4n) is 2.20. The lowest BCUT2D eigenvalue weighted by Crippen LogP contribution is -2.52. The third-order valence-electron chi connectivity index (χ3n) is 3.27. The monoisotopic (exact) mass is 327 g/mol. The maximum atomic E-state index is 12.3. The topological polar surface area (TPSA) is 49.8 Å². The van der Waals surface area contributed by atoms with Crippen molar-refractivity contribution >= 4 is 21.8 Å². The molecule has 0 aromatic heterocycles. The molecule has 2 atom stereocenters. The quantitative estimate of drug-likeness (QED) is 0.917. The average Bonchev–Trinajstić information content (AvgIpc) is 2.39. The molecule has 0 spiro atoms. The van der Waals surface area contributed by atoms with Gasteiger partial charge < -0.3 is 14.7 Å². The third kappa shape index (κ3) is 3.78. The van der Waals surface area contributed by atoms with Crippen molar-refractivity contribution in [2.24, 2.45) is 0 Å². The summed E-state index contributed by atoms with van der Waals surface area (Å²) >= 11 is 3.40. The standard InChI is InChI=1S/C14H18BrNO3/c1-10-9-19-13(8-17)7-16(10)14(18)6-11-3-2-4-12(15)5-11/h2-5,10,13,17H,6-9H2,1H3. The van der Waals surface area contributed by atoms with Gasteiger partial charge in [-0.15, -0.1) is 0 Å². The lowest BCUT2D eigenvalue weighted by molar-refractivity contribution is -0.145. The van der Waals surface area contributed by atoms with E-state index in [1.165, 1.54) is 0 Å². The molecular formula is C14H18BrNO3. The summed E-state index contributed by atoms with van der Waals surface area (Å²) in [6, 6.07) is 7.81. The summed E-state index contributed by atoms with van der Waals surface area (Å²) in [6.45, 7) is 2.86. The highest BCUT2D eigenvalue weighted by molar-refractivity contribution is 9.10. The highest BCUT2D eigenvalue weighted by Gasteiger charge is 2.29. The van der Waals surface area contributed by atoms with Crippen molar-refractivity contribution in [2.75, 3.05) is 19.8 Å². The minimum absolute atomic E-state index is 0.0482. The van der Waals surface area contributed by atoms with Crippen LogP contribution < -0.4 is 0 Å². The summed E-state index contributed by atoms with van der Waals surface area (Å²) in [6.07, 6.45) is 0.115. The van der Waals surface area contributed by atoms with Gasteiger partial charge in [0.15, 0.2) is 0 Å². The first kappa shape index (κ1) is 14.5. The minimum Gasteiger partial charge on any atom is -0.394 e. The van der Waals surface area contributed by atoms with Crippen LogP contribution in [0.5, 0.6) is 0 Å². The molecule has 0 saturated carbocycles. The molecule has 1 aromatic carbocycles. The van der Waals surface area contributed by atoms with Crippen LogP contribution in [0.3, 0.4) is 0 Å². The first-order chi connectivity index (χ1) is 9.10. The van der Waals surface area contributed by atoms with Gasteiger partial charge in [-0.1, -0.05) is 28.1 Å². The molecule has 1 aliphatic rings. The number of amides is 1. The van der Waals surface area contributed by atoms with Crippen molar-refractivity contribution in [3.8, 4) is 0 Å². The van der Waals surface area contributed by atoms with E-state index < -0.39 is 0 Å². The largest absolute Gasteiger partial charge is 0.394 e. The van der Waals surface area contributed by atoms with E-state index in [2.05, 4.69) is 15.9 Å². The summed E-state index contributed by atoms with van der Waals surface area (Å²) in [5.74, 6) is 0.0763. The molecule has 1 aromatic rings. The van der Waals surface area contributed by atoms with Crippen molar-refractivity contribution in [3.63, 3.8) is 0 Å². The van der Waals surface area contributed by atoms with Gasteiger partial charge in [-0.2, -0.15) is 0 Å². The van der Waals surface area contributed by atoms with E-state index in [1.54, 1.807) is 4.90 Å². The predicted molar refractivity (Wildman–Crippen MR) is 75.8 cm³/mol. The number of hydrogen-bond acceptors (Lipinski definition) is 3. The molecule has 1 fully saturated rings. The number of aliphatic hydroxyl groups is 1. The SMILES string of the molecule is CC1COC(CO)CN1C(=O)Cc1cccc(Br)c1. The van der Waals surface area contributed by atoms with Gasteiger partial charge >= 0.3 is 0 Å². The number of carbonyl (C=O) groups excluding carboxylic acids is 1. The fourth-order valence-corrected chi connectivity index (χ4v) is 2.65. The van der Waals surface area contributed by atoms with Crippen LogP contribution in [-0.4, -0.2) is 47.8 Å². The molecule has 1 amide bonds. The molecule has 104 valence electrons. The van der Waals surface area contributed by atoms with Gasteiger partial charge in [0.05, 0.1) is 31.8 Å². The van der Waals surface area contributed by atoms with Crippen LogP contribution in [0.25, 0.3) is 0 Å². The van der Waals surface area contributed by atoms with Crippen molar-refractivity contribution < 1.29 is 14.6 Å². The lowest BCUT2D eigenvalue weighted by atomic mass is 10.1. The van der Waals surface area contributed by atoms with E-state index in [9.17, 15) is 4.79 Å². The van der Waals surface area contributed by atoms with Crippen LogP contribution in [0.15, 0.2) is 28.7 Å². The van der Waals surface area contributed by atoms with E-state index in [4.69, 9.17) is 9.84 Å². The summed E-state index contributed by atoms with van der Waals surface area (Å²) in [7, 11) is 0. The molecule has 19 heavy (non-hydrogen) atoms. The van der Waals surface area contributed by atoms with Crippen LogP contribution in [0.4, 0.5) is 0 Å². The van der Waals surface area contributed by atoms with Gasteiger partial charge in [0.1, 0.15) is 0 Å². The van der Waals surface area contributed by atoms with E-state index in [-0.39, 0.29) is 24.7 Å². The second kappa shape index (κ2) is 6.50. The summed E-state index contributed by atoms with van der Waals surface area (Å²) in [5.41, 5.74) is 0.985. The van der Waals surface area contributed by atoms with Gasteiger partial charge in [0.2, 0.25) is 5.91 Å². The molecule has 1 N–H and O–H groups in total. The molecule has 0 bridgehead atoms. The Morgan fingerprint density at radius 2 is 2.37 bits per heavy atom. The van der Waals surface area contributed by atoms with E-state index >= 15 is 0 Å². The molecule has 1 saturated heterocycles. The number of ether oxygens (including phenoxy) is 1. The predicted octanol–water partition coefficient (Wildman–Crippen LogP) is 1.60. The lowest BCUT2D eigenvalue weighted by Gasteiger charge is -2.37. The number of morpholine rings is 1. The van der Waals surface area contributed by atoms with Crippen LogP contribution in [0.1, 0.15) is 12.5 Å². The molecule has 4 nitrogen and oxygen atoms in total. The number of benzene rings is 1. The van der Waals surface area contributed by atoms with E-state index in [0.717, 1.165) is 10.0 Å². The fraction of sp³-hybridized carbons (Fsp3) is 0.500. The van der Waals surface area contributed by atoms with Crippen molar-refractivity contribution in [2.45, 2.75) is 25.5 Å². The Labute approximate surface area is 121 Å². The molecular weight excluding hydrogens is 310 g/mol. The number of hydrogen-bond donors (Lipinski definition) is 1. The zero-order chi connectivity index (χ0) is 13.8. The minimum atomic E-state index is -0.261. The summed E-state index contributed by atoms with van der Waals surface area (Å²) < 4.78 is 6.41. The normalized spacial score (nSPS) is 23.4. The van der Waals surface area contributed by atoms with Crippen LogP contribution in [-0.2, 0) is 16.0 Å². The number of halogens is 1. The van der Waals surface area contributed by atoms with Gasteiger partial charge in [-0.3, -0.25) is 4.79 Å². The second-order valence-electron chi connectivity index (χ2n) is 4.84. The van der Waals surface area contributed by atoms with E-state index in [0.29, 0.717) is 19.6 Å². The zero-order valence-electron chi connectivity index (χ0n) is 10.9. The maximum Gasteiger partial charge on any atom is 0.227 e. The number of carbonyl (C=O) groups is 1. The number of aliphatic hydroxyl groups excluding tert-OH is 1. The van der Waals surface area contributed by atoms with E-state index in [1.807, 2.05) is 31.2 Å². The van der Waals surface area contributed by atoms with Gasteiger partial charge in [-0.05, 0) is 24.6 Å². The van der Waals surface area contributed by atoms with Crippen LogP contribution in [0, 0.1) is 0 Å². The summed E-state index contributed by atoms with van der Waals surface area (Å²) in [4.78, 5) is 14.1. The number of nitrogens with zero attached hydrogens (tertiary/aromatic N) is 1. The molecule has 2 unspecified atom stereocenters. The highest BCUT2D eigenvalue weighted by Crippen LogP contribution is 2.16. The van der Waals surface area contributed by atoms with Gasteiger partial charge in [0, 0.05) is 11.0 Å². The number of rotatable bonds is 3. The van der Waals surface area contributed by atoms with Crippen molar-refractivity contribution in [1.29, 1.82) is 0 Å². The Balaban J connectivity index is 2.02. The van der Waals surface area contributed by atoms with Crippen molar-refractivity contribution in [3.05, 3.63) is 34.3 Å². The molecule has 1 heterocycles. The first-order valence-electron chi connectivity index (χ1n) is 6.36. The highest BCUT2D eigenvalue weighted by atomic mass is 79.9. The molecule has 0 aliphatic carbocycles. The van der Waals surface area contributed by atoms with Crippen molar-refractivity contribution in [1.82, 2.24) is 4.90 Å². The van der Waals surface area contributed by atoms with Gasteiger partial charge in [-0.25, -0.2) is 0 Å². The van der Waals surface area contributed by atoms with Crippen LogP contribution in [0.2, 0.25) is 0 Å². The first-order valence-corrected chi connectivity index (χ1v) is 7.16. The molecule has 0 radical (unpaired) electrons. The Morgan fingerprint density at radius 3 is 3.05 bits per heavy atom. The maximum absolute atomic E-state index is 12.3. The zero-order valence-corrected chi connectivity index (χ0v) is 12.5. The Kier molecular flexibility index (Phi) is 4.96. The summed E-state index contributed by atoms with van der Waals surface area (Å²) in [5, 5.41) is 9.13. The van der Waals surface area contributed by atoms with Gasteiger partial charge in [0.25, 0.3) is 0 Å². The Bertz CT molecular complexity index is 452. The Hall–Kier alpha value is -0.910. The van der Waals surface area contributed by atoms with Crippen LogP contribution >= 0.6 is 15.9 Å². The third-order valence-corrected chi connectivity index (χ3v) is 3.77. The Morgan fingerprint density at radius 1 is 1.58 bits per heavy atom. The smallest absolute Gasteiger partial charge is 0.227 e. The average molecular weight is 328 g/mol. The molecule has 2 rings (SSSR count). The second-order valence-corrected chi connectivity index (χ2v) is 5.76. The molecule has 5 heteroatoms. The molecule has 1 aliphatic heterocycles.